The molecule has 106 valence electrons. The summed E-state index contributed by atoms with van der Waals surface area (Å²) in [5.74, 6) is 0.140. The molecule has 2 aromatic carbocycles. The number of likely N-dealkylation sites (N-methyl/N-ethyl adjacent to an activating group) is 1. The molecule has 1 unspecified atom stereocenters. The van der Waals surface area contributed by atoms with Gasteiger partial charge in [-0.25, -0.2) is 0 Å². The van der Waals surface area contributed by atoms with Gasteiger partial charge in [-0.3, -0.25) is 4.79 Å². The minimum absolute atomic E-state index is 0.140. The monoisotopic (exact) mass is 270 g/mol. The van der Waals surface area contributed by atoms with Crippen molar-refractivity contribution in [3.63, 3.8) is 0 Å². The van der Waals surface area contributed by atoms with Gasteiger partial charge < -0.3 is 10.6 Å². The van der Waals surface area contributed by atoms with Crippen molar-refractivity contribution >= 4 is 16.7 Å². The first kappa shape index (κ1) is 14.5. The first-order valence-electron chi connectivity index (χ1n) is 7.05. The Hall–Kier alpha value is -1.87. The summed E-state index contributed by atoms with van der Waals surface area (Å²) < 4.78 is 0. The van der Waals surface area contributed by atoms with Gasteiger partial charge >= 0.3 is 0 Å². The van der Waals surface area contributed by atoms with Crippen LogP contribution in [-0.4, -0.2) is 30.4 Å². The zero-order valence-corrected chi connectivity index (χ0v) is 12.2. The molecule has 3 heteroatoms. The Morgan fingerprint density at radius 1 is 1.20 bits per heavy atom. The maximum absolute atomic E-state index is 12.2. The third kappa shape index (κ3) is 3.36. The second-order valence-electron chi connectivity index (χ2n) is 5.29. The summed E-state index contributed by atoms with van der Waals surface area (Å²) in [5.41, 5.74) is 6.60. The van der Waals surface area contributed by atoms with Crippen LogP contribution in [0.4, 0.5) is 0 Å². The Balaban J connectivity index is 2.09. The second-order valence-corrected chi connectivity index (χ2v) is 5.29. The Labute approximate surface area is 120 Å². The number of carbonyl (C=O) groups excluding carboxylic acids is 1. The van der Waals surface area contributed by atoms with Gasteiger partial charge in [0.1, 0.15) is 0 Å². The predicted octanol–water partition coefficient (Wildman–Crippen LogP) is 2.58. The molecule has 0 aliphatic rings. The number of amides is 1. The molecule has 0 saturated heterocycles. The highest BCUT2D eigenvalue weighted by molar-refractivity contribution is 5.85. The summed E-state index contributed by atoms with van der Waals surface area (Å²) in [6.07, 6.45) is 1.27. The van der Waals surface area contributed by atoms with Gasteiger partial charge in [0.25, 0.3) is 0 Å². The molecule has 3 nitrogen and oxygen atoms in total. The van der Waals surface area contributed by atoms with Crippen molar-refractivity contribution in [2.24, 2.45) is 5.73 Å². The molecule has 0 aliphatic carbocycles. The zero-order chi connectivity index (χ0) is 14.5. The number of hydrogen-bond donors (Lipinski definition) is 1. The molecule has 0 heterocycles. The molecule has 0 aromatic heterocycles. The van der Waals surface area contributed by atoms with E-state index in [1.54, 1.807) is 4.90 Å². The molecule has 0 spiro atoms. The highest BCUT2D eigenvalue weighted by Crippen LogP contribution is 2.16. The van der Waals surface area contributed by atoms with E-state index in [0.29, 0.717) is 13.0 Å². The van der Waals surface area contributed by atoms with Crippen molar-refractivity contribution in [3.8, 4) is 0 Å². The van der Waals surface area contributed by atoms with E-state index in [4.69, 9.17) is 5.73 Å². The van der Waals surface area contributed by atoms with Crippen LogP contribution in [0.1, 0.15) is 18.9 Å². The van der Waals surface area contributed by atoms with Crippen LogP contribution in [0.25, 0.3) is 10.8 Å². The summed E-state index contributed by atoms with van der Waals surface area (Å²) in [4.78, 5) is 14.0. The predicted molar refractivity (Wildman–Crippen MR) is 83.6 cm³/mol. The summed E-state index contributed by atoms with van der Waals surface area (Å²) in [6, 6.07) is 14.6. The van der Waals surface area contributed by atoms with E-state index in [9.17, 15) is 4.79 Å². The molecule has 20 heavy (non-hydrogen) atoms. The van der Waals surface area contributed by atoms with E-state index in [1.807, 2.05) is 32.2 Å². The van der Waals surface area contributed by atoms with Crippen LogP contribution in [0.5, 0.6) is 0 Å². The average Bonchev–Trinajstić information content (AvgIpc) is 2.46. The fourth-order valence-corrected chi connectivity index (χ4v) is 2.33. The van der Waals surface area contributed by atoms with Crippen LogP contribution in [0, 0.1) is 0 Å². The molecule has 2 N–H and O–H groups in total. The van der Waals surface area contributed by atoms with Gasteiger partial charge in [0.05, 0.1) is 6.42 Å². The quantitative estimate of drug-likeness (QED) is 0.907. The molecular weight excluding hydrogens is 248 g/mol. The van der Waals surface area contributed by atoms with Gasteiger partial charge in [-0.2, -0.15) is 0 Å². The van der Waals surface area contributed by atoms with Crippen molar-refractivity contribution in [3.05, 3.63) is 48.0 Å². The highest BCUT2D eigenvalue weighted by Gasteiger charge is 2.15. The Morgan fingerprint density at radius 2 is 1.90 bits per heavy atom. The third-order valence-corrected chi connectivity index (χ3v) is 3.81. The van der Waals surface area contributed by atoms with Crippen molar-refractivity contribution in [2.75, 3.05) is 13.6 Å². The van der Waals surface area contributed by atoms with Crippen LogP contribution < -0.4 is 5.73 Å². The summed E-state index contributed by atoms with van der Waals surface area (Å²) in [7, 11) is 1.85. The molecule has 2 aromatic rings. The van der Waals surface area contributed by atoms with Gasteiger partial charge in [-0.05, 0) is 36.2 Å². The molecular formula is C17H22N2O. The highest BCUT2D eigenvalue weighted by atomic mass is 16.2. The number of benzene rings is 2. The average molecular weight is 270 g/mol. The first-order valence-corrected chi connectivity index (χ1v) is 7.05. The normalized spacial score (nSPS) is 12.3. The van der Waals surface area contributed by atoms with E-state index >= 15 is 0 Å². The smallest absolute Gasteiger partial charge is 0.226 e. The van der Waals surface area contributed by atoms with Crippen LogP contribution in [0.3, 0.4) is 0 Å². The maximum Gasteiger partial charge on any atom is 0.226 e. The molecule has 2 rings (SSSR count). The van der Waals surface area contributed by atoms with Crippen molar-refractivity contribution in [1.29, 1.82) is 0 Å². The molecule has 0 bridgehead atoms. The van der Waals surface area contributed by atoms with Gasteiger partial charge in [-0.1, -0.05) is 42.5 Å². The van der Waals surface area contributed by atoms with E-state index < -0.39 is 0 Å². The van der Waals surface area contributed by atoms with Gasteiger partial charge in [0.2, 0.25) is 5.91 Å². The number of nitrogens with two attached hydrogens (primary N) is 1. The molecule has 0 aliphatic heterocycles. The van der Waals surface area contributed by atoms with Crippen LogP contribution in [0.2, 0.25) is 0 Å². The minimum atomic E-state index is 0.140. The van der Waals surface area contributed by atoms with Gasteiger partial charge in [0, 0.05) is 13.1 Å². The summed E-state index contributed by atoms with van der Waals surface area (Å²) in [6.45, 7) is 2.64. The number of carbonyl (C=O) groups is 1. The van der Waals surface area contributed by atoms with Crippen molar-refractivity contribution < 1.29 is 4.79 Å². The van der Waals surface area contributed by atoms with Crippen LogP contribution in [0.15, 0.2) is 42.5 Å². The number of fused-ring (bicyclic) bond motifs is 1. The minimum Gasteiger partial charge on any atom is -0.343 e. The van der Waals surface area contributed by atoms with Crippen LogP contribution in [-0.2, 0) is 11.2 Å². The van der Waals surface area contributed by atoms with Crippen molar-refractivity contribution in [1.82, 2.24) is 4.90 Å². The standard InChI is InChI=1S/C17H22N2O/c1-13(9-10-18)19(2)17(20)12-14-7-8-15-5-3-4-6-16(15)11-14/h3-8,11,13H,9-10,12,18H2,1-2H3. The van der Waals surface area contributed by atoms with Crippen LogP contribution >= 0.6 is 0 Å². The number of hydrogen-bond acceptors (Lipinski definition) is 2. The fourth-order valence-electron chi connectivity index (χ4n) is 2.33. The van der Waals surface area contributed by atoms with E-state index in [-0.39, 0.29) is 11.9 Å². The number of nitrogens with zero attached hydrogens (tertiary/aromatic N) is 1. The third-order valence-electron chi connectivity index (χ3n) is 3.81. The molecule has 1 amide bonds. The van der Waals surface area contributed by atoms with E-state index in [0.717, 1.165) is 12.0 Å². The lowest BCUT2D eigenvalue weighted by Crippen LogP contribution is -2.37. The SMILES string of the molecule is CC(CCN)N(C)C(=O)Cc1ccc2ccccc2c1. The zero-order valence-electron chi connectivity index (χ0n) is 12.2. The largest absolute Gasteiger partial charge is 0.343 e. The topological polar surface area (TPSA) is 46.3 Å². The second kappa shape index (κ2) is 6.53. The Morgan fingerprint density at radius 3 is 2.60 bits per heavy atom. The molecule has 1 atom stereocenters. The molecule has 0 radical (unpaired) electrons. The summed E-state index contributed by atoms with van der Waals surface area (Å²) >= 11 is 0. The Bertz CT molecular complexity index is 594. The lowest BCUT2D eigenvalue weighted by atomic mass is 10.0. The lowest BCUT2D eigenvalue weighted by molar-refractivity contribution is -0.131. The fraction of sp³-hybridized carbons (Fsp3) is 0.353. The molecule has 0 saturated carbocycles. The first-order chi connectivity index (χ1) is 9.61. The Kier molecular flexibility index (Phi) is 4.74. The van der Waals surface area contributed by atoms with Crippen molar-refractivity contribution in [2.45, 2.75) is 25.8 Å². The maximum atomic E-state index is 12.2. The lowest BCUT2D eigenvalue weighted by Gasteiger charge is -2.24. The molecule has 0 fully saturated rings. The van der Waals surface area contributed by atoms with E-state index in [1.165, 1.54) is 10.8 Å². The van der Waals surface area contributed by atoms with E-state index in [2.05, 4.69) is 24.3 Å². The number of rotatable bonds is 5. The van der Waals surface area contributed by atoms with Gasteiger partial charge in [-0.15, -0.1) is 0 Å². The van der Waals surface area contributed by atoms with Gasteiger partial charge in [0.15, 0.2) is 0 Å². The summed E-state index contributed by atoms with van der Waals surface area (Å²) in [5, 5.41) is 2.38.